The molecule has 3 N–H and O–H groups in total. The molecule has 5 rings (SSSR count). The fraction of sp³-hybridized carbons (Fsp3) is 0.478. The van der Waals surface area contributed by atoms with Crippen LogP contribution in [0.15, 0.2) is 36.2 Å². The third kappa shape index (κ3) is 4.32. The van der Waals surface area contributed by atoms with Gasteiger partial charge in [0.2, 0.25) is 5.91 Å². The van der Waals surface area contributed by atoms with Crippen LogP contribution in [-0.2, 0) is 10.4 Å². The van der Waals surface area contributed by atoms with Gasteiger partial charge in [0.25, 0.3) is 0 Å². The number of carbonyl (C=O) groups is 1. The van der Waals surface area contributed by atoms with E-state index < -0.39 is 5.60 Å². The first-order chi connectivity index (χ1) is 15.5. The summed E-state index contributed by atoms with van der Waals surface area (Å²) in [5.74, 6) is 0.650. The average Bonchev–Trinajstić information content (AvgIpc) is 3.31. The number of fused-ring (bicyclic) bond motifs is 1. The highest BCUT2D eigenvalue weighted by molar-refractivity contribution is 7.09. The number of rotatable bonds is 6. The van der Waals surface area contributed by atoms with Crippen molar-refractivity contribution >= 4 is 34.0 Å². The van der Waals surface area contributed by atoms with Gasteiger partial charge in [0.05, 0.1) is 28.5 Å². The third-order valence-corrected chi connectivity index (χ3v) is 7.64. The second kappa shape index (κ2) is 8.73. The molecule has 0 bridgehead atoms. The molecule has 1 saturated heterocycles. The molecule has 1 aliphatic carbocycles. The van der Waals surface area contributed by atoms with Gasteiger partial charge in [-0.2, -0.15) is 0 Å². The van der Waals surface area contributed by atoms with Gasteiger partial charge >= 0.3 is 0 Å². The molecule has 3 aromatic rings. The van der Waals surface area contributed by atoms with E-state index in [1.165, 1.54) is 17.7 Å². The molecular weight excluding hydrogens is 424 g/mol. The SMILES string of the molecule is Cc1ccc2ncnc(NCC(=O)NC3CN(C4CCC(O)(c5cncs5)CC4)C3)c2c1. The van der Waals surface area contributed by atoms with E-state index in [9.17, 15) is 9.90 Å². The van der Waals surface area contributed by atoms with E-state index in [1.54, 1.807) is 11.7 Å². The summed E-state index contributed by atoms with van der Waals surface area (Å²) in [5.41, 5.74) is 3.05. The molecule has 0 radical (unpaired) electrons. The Bertz CT molecular complexity index is 1090. The Hall–Kier alpha value is -2.62. The quantitative estimate of drug-likeness (QED) is 0.528. The molecule has 3 heterocycles. The minimum Gasteiger partial charge on any atom is -0.384 e. The molecule has 1 aromatic carbocycles. The molecule has 1 saturated carbocycles. The van der Waals surface area contributed by atoms with Crippen molar-refractivity contribution < 1.29 is 9.90 Å². The van der Waals surface area contributed by atoms with Gasteiger partial charge in [0.1, 0.15) is 17.7 Å². The lowest BCUT2D eigenvalue weighted by Gasteiger charge is -2.48. The van der Waals surface area contributed by atoms with Gasteiger partial charge in [-0.1, -0.05) is 11.6 Å². The van der Waals surface area contributed by atoms with E-state index in [0.29, 0.717) is 11.9 Å². The van der Waals surface area contributed by atoms with Crippen LogP contribution in [0.4, 0.5) is 5.82 Å². The zero-order valence-electron chi connectivity index (χ0n) is 18.1. The number of benzene rings is 1. The van der Waals surface area contributed by atoms with Crippen LogP contribution >= 0.6 is 11.3 Å². The Kier molecular flexibility index (Phi) is 5.79. The summed E-state index contributed by atoms with van der Waals surface area (Å²) < 4.78 is 0. The number of hydrogen-bond acceptors (Lipinski definition) is 8. The predicted octanol–water partition coefficient (Wildman–Crippen LogP) is 2.44. The summed E-state index contributed by atoms with van der Waals surface area (Å²) in [6.45, 7) is 3.94. The monoisotopic (exact) mass is 452 g/mol. The van der Waals surface area contributed by atoms with Crippen LogP contribution in [0.5, 0.6) is 0 Å². The van der Waals surface area contributed by atoms with Crippen LogP contribution < -0.4 is 10.6 Å². The molecule has 2 aliphatic rings. The highest BCUT2D eigenvalue weighted by Crippen LogP contribution is 2.40. The second-order valence-electron chi connectivity index (χ2n) is 8.94. The summed E-state index contributed by atoms with van der Waals surface area (Å²) in [6, 6.07) is 6.66. The van der Waals surface area contributed by atoms with Crippen LogP contribution in [0.3, 0.4) is 0 Å². The lowest BCUT2D eigenvalue weighted by molar-refractivity contribution is -0.121. The minimum atomic E-state index is -0.717. The molecule has 8 nitrogen and oxygen atoms in total. The normalized spacial score (nSPS) is 24.2. The summed E-state index contributed by atoms with van der Waals surface area (Å²) >= 11 is 1.53. The second-order valence-corrected chi connectivity index (χ2v) is 9.83. The zero-order chi connectivity index (χ0) is 22.1. The maximum absolute atomic E-state index is 12.4. The third-order valence-electron chi connectivity index (χ3n) is 6.67. The molecule has 0 atom stereocenters. The number of aliphatic hydroxyl groups is 1. The van der Waals surface area contributed by atoms with Gasteiger partial charge in [0, 0.05) is 30.7 Å². The Labute approximate surface area is 191 Å². The van der Waals surface area contributed by atoms with Crippen molar-refractivity contribution in [2.24, 2.45) is 0 Å². The number of aromatic nitrogens is 3. The van der Waals surface area contributed by atoms with E-state index >= 15 is 0 Å². The van der Waals surface area contributed by atoms with Gasteiger partial charge in [-0.15, -0.1) is 11.3 Å². The number of thiazole rings is 1. The van der Waals surface area contributed by atoms with Crippen molar-refractivity contribution in [2.45, 2.75) is 50.3 Å². The standard InChI is InChI=1S/C23H28N6O2S/c1-15-2-3-19-18(8-15)22(27-13-26-19)25-10-21(30)28-16-11-29(12-16)17-4-6-23(31,7-5-17)20-9-24-14-32-20/h2-3,8-9,13-14,16-17,31H,4-7,10-12H2,1H3,(H,28,30)(H,25,26,27). The van der Waals surface area contributed by atoms with Crippen molar-refractivity contribution in [3.8, 4) is 0 Å². The number of anilines is 1. The largest absolute Gasteiger partial charge is 0.384 e. The van der Waals surface area contributed by atoms with Crippen molar-refractivity contribution in [3.63, 3.8) is 0 Å². The predicted molar refractivity (Wildman–Crippen MR) is 125 cm³/mol. The molecule has 2 aromatic heterocycles. The summed E-state index contributed by atoms with van der Waals surface area (Å²) in [7, 11) is 0. The first-order valence-electron chi connectivity index (χ1n) is 11.1. The maximum Gasteiger partial charge on any atom is 0.239 e. The molecule has 9 heteroatoms. The van der Waals surface area contributed by atoms with Gasteiger partial charge in [-0.3, -0.25) is 14.7 Å². The van der Waals surface area contributed by atoms with E-state index in [0.717, 1.165) is 60.1 Å². The zero-order valence-corrected chi connectivity index (χ0v) is 18.9. The Balaban J connectivity index is 1.07. The van der Waals surface area contributed by atoms with Crippen LogP contribution in [0.1, 0.15) is 36.1 Å². The number of nitrogens with zero attached hydrogens (tertiary/aromatic N) is 4. The fourth-order valence-electron chi connectivity index (χ4n) is 4.79. The molecule has 1 amide bonds. The van der Waals surface area contributed by atoms with Gasteiger partial charge < -0.3 is 15.7 Å². The number of hydrogen-bond donors (Lipinski definition) is 3. The van der Waals surface area contributed by atoms with Crippen molar-refractivity contribution in [1.29, 1.82) is 0 Å². The molecular formula is C23H28N6O2S. The molecule has 0 spiro atoms. The number of likely N-dealkylation sites (tertiary alicyclic amines) is 1. The number of amides is 1. The topological polar surface area (TPSA) is 103 Å². The van der Waals surface area contributed by atoms with Gasteiger partial charge in [0.15, 0.2) is 0 Å². The fourth-order valence-corrected chi connectivity index (χ4v) is 5.57. The summed E-state index contributed by atoms with van der Waals surface area (Å²) in [5, 5.41) is 18.1. The first-order valence-corrected chi connectivity index (χ1v) is 12.0. The molecule has 168 valence electrons. The number of aryl methyl sites for hydroxylation is 1. The highest BCUT2D eigenvalue weighted by atomic mass is 32.1. The number of nitrogens with one attached hydrogen (secondary N) is 2. The molecule has 32 heavy (non-hydrogen) atoms. The molecule has 0 unspecified atom stereocenters. The van der Waals surface area contributed by atoms with Gasteiger partial charge in [-0.25, -0.2) is 9.97 Å². The van der Waals surface area contributed by atoms with Gasteiger partial charge in [-0.05, 0) is 44.7 Å². The molecule has 2 fully saturated rings. The van der Waals surface area contributed by atoms with Crippen LogP contribution in [0.25, 0.3) is 10.9 Å². The number of carbonyl (C=O) groups excluding carboxylic acids is 1. The van der Waals surface area contributed by atoms with E-state index in [4.69, 9.17) is 0 Å². The first kappa shape index (κ1) is 21.2. The van der Waals surface area contributed by atoms with Crippen LogP contribution in [0.2, 0.25) is 0 Å². The summed E-state index contributed by atoms with van der Waals surface area (Å²) in [6.07, 6.45) is 6.78. The van der Waals surface area contributed by atoms with Crippen molar-refractivity contribution in [1.82, 2.24) is 25.2 Å². The minimum absolute atomic E-state index is 0.0303. The van der Waals surface area contributed by atoms with E-state index in [2.05, 4.69) is 30.5 Å². The summed E-state index contributed by atoms with van der Waals surface area (Å²) in [4.78, 5) is 28.5. The Morgan fingerprint density at radius 2 is 2.09 bits per heavy atom. The van der Waals surface area contributed by atoms with Crippen LogP contribution in [0, 0.1) is 6.92 Å². The Morgan fingerprint density at radius 1 is 1.28 bits per heavy atom. The van der Waals surface area contributed by atoms with E-state index in [1.807, 2.05) is 25.1 Å². The average molecular weight is 453 g/mol. The molecule has 1 aliphatic heterocycles. The lowest BCUT2D eigenvalue weighted by Crippen LogP contribution is -2.63. The van der Waals surface area contributed by atoms with Crippen molar-refractivity contribution in [2.75, 3.05) is 25.0 Å². The lowest BCUT2D eigenvalue weighted by atomic mass is 9.80. The smallest absolute Gasteiger partial charge is 0.239 e. The van der Waals surface area contributed by atoms with Crippen molar-refractivity contribution in [3.05, 3.63) is 46.7 Å². The Morgan fingerprint density at radius 3 is 2.84 bits per heavy atom. The maximum atomic E-state index is 12.4. The highest BCUT2D eigenvalue weighted by Gasteiger charge is 2.40. The van der Waals surface area contributed by atoms with E-state index in [-0.39, 0.29) is 18.5 Å². The van der Waals surface area contributed by atoms with Crippen LogP contribution in [-0.4, -0.2) is 62.6 Å².